The van der Waals surface area contributed by atoms with Crippen molar-refractivity contribution in [3.8, 4) is 0 Å². The molecule has 0 saturated carbocycles. The van der Waals surface area contributed by atoms with E-state index in [9.17, 15) is 4.79 Å². The molecule has 26 heavy (non-hydrogen) atoms. The van der Waals surface area contributed by atoms with Crippen LogP contribution in [0.5, 0.6) is 0 Å². The summed E-state index contributed by atoms with van der Waals surface area (Å²) in [5.74, 6) is 0.0483. The molecule has 0 spiro atoms. The normalized spacial score (nSPS) is 16.2. The smallest absolute Gasteiger partial charge is 0.220 e. The van der Waals surface area contributed by atoms with Gasteiger partial charge in [0.05, 0.1) is 19.3 Å². The molecule has 3 rings (SSSR count). The van der Waals surface area contributed by atoms with E-state index in [1.54, 1.807) is 6.20 Å². The molecule has 1 atom stereocenters. The van der Waals surface area contributed by atoms with Gasteiger partial charge in [-0.15, -0.1) is 0 Å². The summed E-state index contributed by atoms with van der Waals surface area (Å²) >= 11 is 5.99. The number of carbonyl (C=O) groups excluding carboxylic acids is 1. The largest absolute Gasteiger partial charge is 0.379 e. The van der Waals surface area contributed by atoms with Crippen LogP contribution in [-0.2, 0) is 16.0 Å². The minimum Gasteiger partial charge on any atom is -0.379 e. The first-order valence-corrected chi connectivity index (χ1v) is 9.33. The molecule has 5 nitrogen and oxygen atoms in total. The second-order valence-corrected chi connectivity index (χ2v) is 6.82. The predicted octanol–water partition coefficient (Wildman–Crippen LogP) is 2.86. The zero-order valence-electron chi connectivity index (χ0n) is 14.7. The quantitative estimate of drug-likeness (QED) is 0.810. The lowest BCUT2D eigenvalue weighted by Crippen LogP contribution is -2.43. The average molecular weight is 374 g/mol. The van der Waals surface area contributed by atoms with Gasteiger partial charge in [-0.1, -0.05) is 29.8 Å². The molecule has 1 N–H and O–H groups in total. The number of aromatic nitrogens is 1. The minimum atomic E-state index is 0.0483. The Kier molecular flexibility index (Phi) is 7.00. The predicted molar refractivity (Wildman–Crippen MR) is 102 cm³/mol. The van der Waals surface area contributed by atoms with Crippen molar-refractivity contribution < 1.29 is 9.53 Å². The summed E-state index contributed by atoms with van der Waals surface area (Å²) in [6.45, 7) is 3.73. The summed E-state index contributed by atoms with van der Waals surface area (Å²) < 4.78 is 5.45. The third kappa shape index (κ3) is 5.53. The summed E-state index contributed by atoms with van der Waals surface area (Å²) in [7, 11) is 0. The van der Waals surface area contributed by atoms with Crippen molar-refractivity contribution >= 4 is 17.5 Å². The molecule has 0 bridgehead atoms. The molecule has 1 aliphatic heterocycles. The van der Waals surface area contributed by atoms with Crippen LogP contribution in [0.2, 0.25) is 5.02 Å². The maximum atomic E-state index is 12.3. The van der Waals surface area contributed by atoms with E-state index in [0.29, 0.717) is 24.4 Å². The van der Waals surface area contributed by atoms with Crippen molar-refractivity contribution in [2.75, 3.05) is 32.8 Å². The van der Waals surface area contributed by atoms with Crippen LogP contribution in [0.15, 0.2) is 48.8 Å². The number of nitrogens with one attached hydrogen (secondary N) is 1. The molecular weight excluding hydrogens is 350 g/mol. The van der Waals surface area contributed by atoms with Crippen LogP contribution in [0.3, 0.4) is 0 Å². The van der Waals surface area contributed by atoms with Gasteiger partial charge in [0.2, 0.25) is 5.91 Å². The van der Waals surface area contributed by atoms with E-state index in [-0.39, 0.29) is 11.9 Å². The molecule has 1 unspecified atom stereocenters. The van der Waals surface area contributed by atoms with Gasteiger partial charge in [0.15, 0.2) is 0 Å². The number of nitrogens with zero attached hydrogens (tertiary/aromatic N) is 2. The van der Waals surface area contributed by atoms with Gasteiger partial charge in [-0.05, 0) is 35.7 Å². The first-order valence-electron chi connectivity index (χ1n) is 8.95. The van der Waals surface area contributed by atoms with E-state index in [1.165, 1.54) is 0 Å². The number of aryl methyl sites for hydroxylation is 1. The summed E-state index contributed by atoms with van der Waals surface area (Å²) in [6, 6.07) is 11.8. The third-order valence-electron chi connectivity index (χ3n) is 4.58. The number of halogens is 1. The molecule has 1 aliphatic rings. The Hall–Kier alpha value is -1.95. The molecule has 138 valence electrons. The van der Waals surface area contributed by atoms with Crippen LogP contribution in [-0.4, -0.2) is 48.6 Å². The number of morpholine rings is 1. The highest BCUT2D eigenvalue weighted by molar-refractivity contribution is 6.30. The SMILES string of the molecule is O=C(CCc1cccc(Cl)c1)NCC(c1cccnc1)N1CCOCC1. The van der Waals surface area contributed by atoms with E-state index in [4.69, 9.17) is 16.3 Å². The Morgan fingerprint density at radius 1 is 1.27 bits per heavy atom. The summed E-state index contributed by atoms with van der Waals surface area (Å²) in [4.78, 5) is 18.9. The van der Waals surface area contributed by atoms with Gasteiger partial charge < -0.3 is 10.1 Å². The first kappa shape index (κ1) is 18.8. The number of pyridine rings is 1. The number of hydrogen-bond acceptors (Lipinski definition) is 4. The van der Waals surface area contributed by atoms with Crippen molar-refractivity contribution in [1.82, 2.24) is 15.2 Å². The monoisotopic (exact) mass is 373 g/mol. The lowest BCUT2D eigenvalue weighted by Gasteiger charge is -2.34. The van der Waals surface area contributed by atoms with Crippen molar-refractivity contribution in [3.63, 3.8) is 0 Å². The van der Waals surface area contributed by atoms with Crippen molar-refractivity contribution in [3.05, 3.63) is 64.9 Å². The van der Waals surface area contributed by atoms with Crippen LogP contribution in [0.25, 0.3) is 0 Å². The second kappa shape index (κ2) is 9.67. The van der Waals surface area contributed by atoms with Gasteiger partial charge in [-0.25, -0.2) is 0 Å². The van der Waals surface area contributed by atoms with E-state index < -0.39 is 0 Å². The highest BCUT2D eigenvalue weighted by atomic mass is 35.5. The standard InChI is InChI=1S/C20H24ClN3O2/c21-18-5-1-3-16(13-18)6-7-20(25)23-15-19(17-4-2-8-22-14-17)24-9-11-26-12-10-24/h1-5,8,13-14,19H,6-7,9-12,15H2,(H,23,25). The lowest BCUT2D eigenvalue weighted by atomic mass is 10.1. The molecule has 2 heterocycles. The third-order valence-corrected chi connectivity index (χ3v) is 4.81. The molecule has 1 aromatic heterocycles. The number of ether oxygens (including phenoxy) is 1. The fourth-order valence-corrected chi connectivity index (χ4v) is 3.38. The van der Waals surface area contributed by atoms with Gasteiger partial charge in [-0.3, -0.25) is 14.7 Å². The van der Waals surface area contributed by atoms with Gasteiger partial charge in [0.25, 0.3) is 0 Å². The van der Waals surface area contributed by atoms with Crippen LogP contribution >= 0.6 is 11.6 Å². The highest BCUT2D eigenvalue weighted by Crippen LogP contribution is 2.20. The maximum Gasteiger partial charge on any atom is 0.220 e. The summed E-state index contributed by atoms with van der Waals surface area (Å²) in [5.41, 5.74) is 2.19. The second-order valence-electron chi connectivity index (χ2n) is 6.38. The number of benzene rings is 1. The van der Waals surface area contributed by atoms with Crippen LogP contribution in [0.1, 0.15) is 23.6 Å². The fourth-order valence-electron chi connectivity index (χ4n) is 3.17. The first-order chi connectivity index (χ1) is 12.7. The van der Waals surface area contributed by atoms with Crippen molar-refractivity contribution in [2.45, 2.75) is 18.9 Å². The zero-order chi connectivity index (χ0) is 18.2. The van der Waals surface area contributed by atoms with E-state index in [1.807, 2.05) is 36.5 Å². The maximum absolute atomic E-state index is 12.3. The Morgan fingerprint density at radius 2 is 2.12 bits per heavy atom. The van der Waals surface area contributed by atoms with Crippen LogP contribution < -0.4 is 5.32 Å². The van der Waals surface area contributed by atoms with Crippen LogP contribution in [0, 0.1) is 0 Å². The average Bonchev–Trinajstić information content (AvgIpc) is 2.68. The Morgan fingerprint density at radius 3 is 2.85 bits per heavy atom. The van der Waals surface area contributed by atoms with Gasteiger partial charge >= 0.3 is 0 Å². The van der Waals surface area contributed by atoms with Gasteiger partial charge in [-0.2, -0.15) is 0 Å². The summed E-state index contributed by atoms with van der Waals surface area (Å²) in [5, 5.41) is 3.78. The number of amides is 1. The van der Waals surface area contributed by atoms with E-state index in [0.717, 1.165) is 37.4 Å². The molecule has 1 aromatic carbocycles. The Labute approximate surface area is 159 Å². The molecule has 0 aliphatic carbocycles. The highest BCUT2D eigenvalue weighted by Gasteiger charge is 2.23. The topological polar surface area (TPSA) is 54.5 Å². The number of rotatable bonds is 7. The molecule has 1 amide bonds. The fraction of sp³-hybridized carbons (Fsp3) is 0.400. The molecule has 0 radical (unpaired) electrons. The summed E-state index contributed by atoms with van der Waals surface area (Å²) in [6.07, 6.45) is 4.77. The lowest BCUT2D eigenvalue weighted by molar-refractivity contribution is -0.121. The molecule has 2 aromatic rings. The molecule has 1 fully saturated rings. The molecule has 1 saturated heterocycles. The van der Waals surface area contributed by atoms with Crippen molar-refractivity contribution in [2.24, 2.45) is 0 Å². The Bertz CT molecular complexity index is 705. The van der Waals surface area contributed by atoms with E-state index in [2.05, 4.69) is 21.3 Å². The molecule has 6 heteroatoms. The van der Waals surface area contributed by atoms with E-state index >= 15 is 0 Å². The van der Waals surface area contributed by atoms with Gasteiger partial charge in [0.1, 0.15) is 0 Å². The number of carbonyl (C=O) groups is 1. The Balaban J connectivity index is 1.55. The minimum absolute atomic E-state index is 0.0483. The number of hydrogen-bond donors (Lipinski definition) is 1. The van der Waals surface area contributed by atoms with Crippen molar-refractivity contribution in [1.29, 1.82) is 0 Å². The zero-order valence-corrected chi connectivity index (χ0v) is 15.5. The van der Waals surface area contributed by atoms with Crippen LogP contribution in [0.4, 0.5) is 0 Å². The van der Waals surface area contributed by atoms with Gasteiger partial charge in [0, 0.05) is 43.5 Å². The molecular formula is C20H24ClN3O2.